The van der Waals surface area contributed by atoms with Gasteiger partial charge >= 0.3 is 0 Å². The van der Waals surface area contributed by atoms with E-state index in [1.807, 2.05) is 39.8 Å². The first kappa shape index (κ1) is 17.2. The van der Waals surface area contributed by atoms with Crippen molar-refractivity contribution in [2.45, 2.75) is 31.7 Å². The second kappa shape index (κ2) is 7.24. The van der Waals surface area contributed by atoms with Crippen molar-refractivity contribution in [1.29, 1.82) is 0 Å². The molecule has 0 saturated heterocycles. The number of hydrogen-bond donors (Lipinski definition) is 2. The summed E-state index contributed by atoms with van der Waals surface area (Å²) in [6.45, 7) is 0.938. The summed E-state index contributed by atoms with van der Waals surface area (Å²) < 4.78 is 3.93. The van der Waals surface area contributed by atoms with E-state index in [2.05, 4.69) is 51.1 Å². The van der Waals surface area contributed by atoms with Gasteiger partial charge in [-0.2, -0.15) is 0 Å². The Labute approximate surface area is 163 Å². The van der Waals surface area contributed by atoms with Gasteiger partial charge in [-0.1, -0.05) is 0 Å². The molecule has 0 radical (unpaired) electrons. The molecule has 0 unspecified atom stereocenters. The number of aromatic nitrogens is 5. The minimum Gasteiger partial charge on any atom is -0.353 e. The maximum absolute atomic E-state index is 4.65. The molecule has 4 heterocycles. The van der Waals surface area contributed by atoms with Crippen LogP contribution in [0.5, 0.6) is 0 Å². The minimum absolute atomic E-state index is 0.684. The Morgan fingerprint density at radius 1 is 1.07 bits per heavy atom. The molecule has 7 heteroatoms. The van der Waals surface area contributed by atoms with Gasteiger partial charge in [0.1, 0.15) is 5.65 Å². The van der Waals surface area contributed by atoms with E-state index in [0.717, 1.165) is 28.8 Å². The Bertz CT molecular complexity index is 1090. The van der Waals surface area contributed by atoms with Gasteiger partial charge in [0.05, 0.1) is 11.7 Å². The van der Waals surface area contributed by atoms with Gasteiger partial charge in [-0.05, 0) is 56.8 Å². The van der Waals surface area contributed by atoms with Crippen LogP contribution in [0, 0.1) is 5.92 Å². The Hall–Kier alpha value is -2.93. The molecule has 4 aromatic rings. The van der Waals surface area contributed by atoms with E-state index in [9.17, 15) is 0 Å². The Morgan fingerprint density at radius 2 is 1.96 bits per heavy atom. The van der Waals surface area contributed by atoms with Crippen molar-refractivity contribution >= 4 is 17.1 Å². The maximum Gasteiger partial charge on any atom is 0.241 e. The highest BCUT2D eigenvalue weighted by atomic mass is 15.3. The SMILES string of the molecule is CNC1CCC(CNc2ncc3c(-c4ccc5nccn5c4)ccn3n2)CC1. The van der Waals surface area contributed by atoms with Crippen LogP contribution >= 0.6 is 0 Å². The van der Waals surface area contributed by atoms with Gasteiger partial charge in [0.2, 0.25) is 5.95 Å². The van der Waals surface area contributed by atoms with Crippen molar-refractivity contribution in [3.63, 3.8) is 0 Å². The Kier molecular flexibility index (Phi) is 4.44. The van der Waals surface area contributed by atoms with Crippen molar-refractivity contribution in [1.82, 2.24) is 29.3 Å². The summed E-state index contributed by atoms with van der Waals surface area (Å²) >= 11 is 0. The van der Waals surface area contributed by atoms with Crippen LogP contribution in [-0.4, -0.2) is 43.6 Å². The third kappa shape index (κ3) is 3.22. The number of nitrogens with one attached hydrogen (secondary N) is 2. The predicted molar refractivity (Wildman–Crippen MR) is 110 cm³/mol. The lowest BCUT2D eigenvalue weighted by molar-refractivity contribution is 0.312. The summed E-state index contributed by atoms with van der Waals surface area (Å²) in [5.74, 6) is 1.39. The van der Waals surface area contributed by atoms with Crippen LogP contribution in [0.25, 0.3) is 22.3 Å². The average Bonchev–Trinajstić information content (AvgIpc) is 3.38. The lowest BCUT2D eigenvalue weighted by Crippen LogP contribution is -2.32. The lowest BCUT2D eigenvalue weighted by atomic mass is 9.86. The van der Waals surface area contributed by atoms with Crippen LogP contribution < -0.4 is 10.6 Å². The third-order valence-corrected chi connectivity index (χ3v) is 5.92. The topological polar surface area (TPSA) is 71.5 Å². The molecule has 144 valence electrons. The molecular formula is C21H25N7. The summed E-state index contributed by atoms with van der Waals surface area (Å²) in [5.41, 5.74) is 4.18. The Balaban J connectivity index is 1.32. The molecule has 1 saturated carbocycles. The van der Waals surface area contributed by atoms with Crippen LogP contribution in [-0.2, 0) is 0 Å². The molecule has 5 rings (SSSR count). The number of rotatable bonds is 5. The van der Waals surface area contributed by atoms with Crippen LogP contribution in [0.1, 0.15) is 25.7 Å². The zero-order valence-electron chi connectivity index (χ0n) is 16.0. The quantitative estimate of drug-likeness (QED) is 0.560. The first-order chi connectivity index (χ1) is 13.8. The summed E-state index contributed by atoms with van der Waals surface area (Å²) in [5, 5.41) is 11.5. The number of imidazole rings is 1. The van der Waals surface area contributed by atoms with Crippen LogP contribution in [0.15, 0.2) is 49.2 Å². The van der Waals surface area contributed by atoms with Crippen molar-refractivity contribution in [2.24, 2.45) is 5.92 Å². The molecule has 1 aliphatic rings. The summed E-state index contributed by atoms with van der Waals surface area (Å²) in [4.78, 5) is 8.86. The predicted octanol–water partition coefficient (Wildman–Crippen LogP) is 3.23. The Morgan fingerprint density at radius 3 is 2.82 bits per heavy atom. The molecule has 28 heavy (non-hydrogen) atoms. The van der Waals surface area contributed by atoms with E-state index >= 15 is 0 Å². The van der Waals surface area contributed by atoms with E-state index in [1.165, 1.54) is 25.7 Å². The van der Waals surface area contributed by atoms with Crippen LogP contribution in [0.2, 0.25) is 0 Å². The lowest BCUT2D eigenvalue weighted by Gasteiger charge is -2.28. The zero-order chi connectivity index (χ0) is 18.9. The molecule has 0 amide bonds. The van der Waals surface area contributed by atoms with Crippen molar-refractivity contribution in [2.75, 3.05) is 18.9 Å². The highest BCUT2D eigenvalue weighted by molar-refractivity contribution is 5.80. The van der Waals surface area contributed by atoms with Gasteiger partial charge in [-0.3, -0.25) is 0 Å². The van der Waals surface area contributed by atoms with Crippen molar-refractivity contribution in [3.8, 4) is 11.1 Å². The van der Waals surface area contributed by atoms with Gasteiger partial charge in [-0.25, -0.2) is 14.5 Å². The summed E-state index contributed by atoms with van der Waals surface area (Å²) in [6.07, 6.45) is 14.8. The van der Waals surface area contributed by atoms with Gasteiger partial charge in [0, 0.05) is 48.5 Å². The fourth-order valence-electron chi connectivity index (χ4n) is 4.20. The standard InChI is InChI=1S/C21H25N7/c1-22-17-5-2-15(3-6-17)12-24-21-25-13-19-18(8-10-28(19)26-21)16-4-7-20-23-9-11-27(20)14-16/h4,7-11,13-15,17,22H,2-3,5-6,12H2,1H3,(H,24,26). The number of anilines is 1. The molecule has 1 aliphatic carbocycles. The fraction of sp³-hybridized carbons (Fsp3) is 0.381. The van der Waals surface area contributed by atoms with Crippen LogP contribution in [0.3, 0.4) is 0 Å². The van der Waals surface area contributed by atoms with Gasteiger partial charge in [0.15, 0.2) is 0 Å². The van der Waals surface area contributed by atoms with E-state index in [1.54, 1.807) is 0 Å². The highest BCUT2D eigenvalue weighted by Crippen LogP contribution is 2.26. The van der Waals surface area contributed by atoms with Crippen molar-refractivity contribution in [3.05, 3.63) is 49.2 Å². The zero-order valence-corrected chi connectivity index (χ0v) is 16.0. The normalized spacial score (nSPS) is 20.0. The largest absolute Gasteiger partial charge is 0.353 e. The van der Waals surface area contributed by atoms with Gasteiger partial charge in [-0.15, -0.1) is 5.10 Å². The second-order valence-corrected chi connectivity index (χ2v) is 7.64. The molecule has 4 aromatic heterocycles. The van der Waals surface area contributed by atoms with Gasteiger partial charge < -0.3 is 15.0 Å². The van der Waals surface area contributed by atoms with Crippen LogP contribution in [0.4, 0.5) is 5.95 Å². The first-order valence-corrected chi connectivity index (χ1v) is 9.99. The highest BCUT2D eigenvalue weighted by Gasteiger charge is 2.20. The van der Waals surface area contributed by atoms with Crippen molar-refractivity contribution < 1.29 is 0 Å². The molecule has 7 nitrogen and oxygen atoms in total. The smallest absolute Gasteiger partial charge is 0.241 e. The molecule has 2 N–H and O–H groups in total. The van der Waals surface area contributed by atoms with Gasteiger partial charge in [0.25, 0.3) is 0 Å². The van der Waals surface area contributed by atoms with E-state index in [-0.39, 0.29) is 0 Å². The maximum atomic E-state index is 4.65. The van der Waals surface area contributed by atoms with E-state index in [4.69, 9.17) is 0 Å². The fourth-order valence-corrected chi connectivity index (χ4v) is 4.20. The second-order valence-electron chi connectivity index (χ2n) is 7.64. The number of pyridine rings is 1. The minimum atomic E-state index is 0.684. The molecule has 0 bridgehead atoms. The molecule has 0 atom stereocenters. The first-order valence-electron chi connectivity index (χ1n) is 9.99. The summed E-state index contributed by atoms with van der Waals surface area (Å²) in [7, 11) is 2.06. The molecule has 1 fully saturated rings. The monoisotopic (exact) mass is 375 g/mol. The molecule has 0 aromatic carbocycles. The molecular weight excluding hydrogens is 350 g/mol. The average molecular weight is 375 g/mol. The number of nitrogens with zero attached hydrogens (tertiary/aromatic N) is 5. The third-order valence-electron chi connectivity index (χ3n) is 5.92. The number of hydrogen-bond acceptors (Lipinski definition) is 5. The van der Waals surface area contributed by atoms with E-state index in [0.29, 0.717) is 17.9 Å². The molecule has 0 spiro atoms. The summed E-state index contributed by atoms with van der Waals surface area (Å²) in [6, 6.07) is 6.89. The number of fused-ring (bicyclic) bond motifs is 2. The van der Waals surface area contributed by atoms with E-state index < -0.39 is 0 Å². The molecule has 0 aliphatic heterocycles.